The van der Waals surface area contributed by atoms with E-state index in [4.69, 9.17) is 0 Å². The van der Waals surface area contributed by atoms with Crippen molar-refractivity contribution in [3.05, 3.63) is 35.0 Å². The number of anilines is 2. The number of Topliss-reactive ketones (excluding diaryl/α,β-unsaturated/α-hetero) is 1. The van der Waals surface area contributed by atoms with Crippen LogP contribution in [-0.4, -0.2) is 21.3 Å². The number of nitrogens with one attached hydrogen (secondary N) is 2. The summed E-state index contributed by atoms with van der Waals surface area (Å²) >= 11 is 1.76. The number of carbonyl (C=O) groups is 1. The standard InChI is InChI=1S/C19H26N2OS/c1-11-7-8-13-14(9-11)21-18(3,4)10-15(20-13)16-17(22)12(2)23-19(16,5)6/h7-9,12,20-21H,10H2,1-6H3/b16-15+. The Balaban J connectivity index is 2.15. The van der Waals surface area contributed by atoms with E-state index < -0.39 is 0 Å². The van der Waals surface area contributed by atoms with Crippen LogP contribution in [0, 0.1) is 6.92 Å². The van der Waals surface area contributed by atoms with Gasteiger partial charge in [-0.1, -0.05) is 6.07 Å². The van der Waals surface area contributed by atoms with E-state index in [0.717, 1.165) is 29.1 Å². The lowest BCUT2D eigenvalue weighted by Gasteiger charge is -2.28. The molecule has 2 aliphatic rings. The zero-order chi connectivity index (χ0) is 17.0. The number of carbonyl (C=O) groups excluding carboxylic acids is 1. The topological polar surface area (TPSA) is 41.1 Å². The zero-order valence-electron chi connectivity index (χ0n) is 14.8. The van der Waals surface area contributed by atoms with E-state index in [1.165, 1.54) is 5.56 Å². The first-order valence-corrected chi connectivity index (χ1v) is 9.08. The fourth-order valence-electron chi connectivity index (χ4n) is 3.65. The van der Waals surface area contributed by atoms with Crippen LogP contribution in [0.5, 0.6) is 0 Å². The van der Waals surface area contributed by atoms with Crippen molar-refractivity contribution in [2.75, 3.05) is 10.6 Å². The third-order valence-corrected chi connectivity index (χ3v) is 5.90. The average molecular weight is 330 g/mol. The van der Waals surface area contributed by atoms with E-state index in [-0.39, 0.29) is 21.3 Å². The van der Waals surface area contributed by atoms with Gasteiger partial charge >= 0.3 is 0 Å². The minimum absolute atomic E-state index is 0.0334. The molecule has 0 aliphatic carbocycles. The van der Waals surface area contributed by atoms with E-state index in [0.29, 0.717) is 0 Å². The van der Waals surface area contributed by atoms with Gasteiger partial charge < -0.3 is 10.6 Å². The Hall–Kier alpha value is -1.42. The Labute approximate surface area is 143 Å². The molecule has 1 unspecified atom stereocenters. The summed E-state index contributed by atoms with van der Waals surface area (Å²) in [6.45, 7) is 12.8. The Bertz CT molecular complexity index is 703. The molecule has 0 saturated carbocycles. The maximum absolute atomic E-state index is 12.8. The van der Waals surface area contributed by atoms with E-state index >= 15 is 0 Å². The van der Waals surface area contributed by atoms with E-state index in [9.17, 15) is 4.79 Å². The third kappa shape index (κ3) is 3.01. The highest BCUT2D eigenvalue weighted by Crippen LogP contribution is 2.47. The summed E-state index contributed by atoms with van der Waals surface area (Å²) in [5.41, 5.74) is 5.30. The highest BCUT2D eigenvalue weighted by molar-refractivity contribution is 8.02. The smallest absolute Gasteiger partial charge is 0.174 e. The molecule has 124 valence electrons. The summed E-state index contributed by atoms with van der Waals surface area (Å²) in [5.74, 6) is 0.272. The highest BCUT2D eigenvalue weighted by atomic mass is 32.2. The van der Waals surface area contributed by atoms with Crippen LogP contribution in [0.4, 0.5) is 11.4 Å². The number of rotatable bonds is 0. The molecule has 3 rings (SSSR count). The summed E-state index contributed by atoms with van der Waals surface area (Å²) in [6, 6.07) is 6.37. The van der Waals surface area contributed by atoms with Crippen molar-refractivity contribution in [2.45, 2.75) is 63.5 Å². The fraction of sp³-hybridized carbons (Fsp3) is 0.526. The van der Waals surface area contributed by atoms with Crippen LogP contribution in [0.3, 0.4) is 0 Å². The van der Waals surface area contributed by atoms with Crippen LogP contribution in [0.15, 0.2) is 29.5 Å². The van der Waals surface area contributed by atoms with Crippen molar-refractivity contribution >= 4 is 28.9 Å². The quantitative estimate of drug-likeness (QED) is 0.674. The zero-order valence-corrected chi connectivity index (χ0v) is 15.6. The molecule has 0 amide bonds. The van der Waals surface area contributed by atoms with Gasteiger partial charge in [0.25, 0.3) is 0 Å². The minimum Gasteiger partial charge on any atom is -0.378 e. The summed E-state index contributed by atoms with van der Waals surface area (Å²) in [5, 5.41) is 7.24. The van der Waals surface area contributed by atoms with Gasteiger partial charge in [-0.15, -0.1) is 11.8 Å². The molecule has 2 heterocycles. The highest BCUT2D eigenvalue weighted by Gasteiger charge is 2.44. The molecule has 1 atom stereocenters. The number of benzene rings is 1. The second kappa shape index (κ2) is 5.30. The van der Waals surface area contributed by atoms with Crippen LogP contribution in [0.1, 0.15) is 46.6 Å². The Morgan fingerprint density at radius 2 is 1.87 bits per heavy atom. The first kappa shape index (κ1) is 16.4. The number of fused-ring (bicyclic) bond motifs is 1. The van der Waals surface area contributed by atoms with Crippen LogP contribution in [0.2, 0.25) is 0 Å². The maximum Gasteiger partial charge on any atom is 0.174 e. The molecule has 1 saturated heterocycles. The Kier molecular flexibility index (Phi) is 3.79. The molecular formula is C19H26N2OS. The largest absolute Gasteiger partial charge is 0.378 e. The second-order valence-corrected chi connectivity index (χ2v) is 9.81. The minimum atomic E-state index is -0.149. The van der Waals surface area contributed by atoms with Crippen LogP contribution < -0.4 is 10.6 Å². The number of thioether (sulfide) groups is 1. The summed E-state index contributed by atoms with van der Waals surface area (Å²) < 4.78 is -0.149. The van der Waals surface area contributed by atoms with E-state index in [1.807, 2.05) is 6.92 Å². The van der Waals surface area contributed by atoms with Gasteiger partial charge in [0.05, 0.1) is 16.6 Å². The first-order chi connectivity index (χ1) is 10.6. The molecule has 0 aromatic heterocycles. The normalized spacial score (nSPS) is 28.6. The second-order valence-electron chi connectivity index (χ2n) is 7.85. The number of ketones is 1. The number of hydrogen-bond acceptors (Lipinski definition) is 4. The molecule has 2 N–H and O–H groups in total. The first-order valence-electron chi connectivity index (χ1n) is 8.21. The molecule has 0 spiro atoms. The van der Waals surface area contributed by atoms with Gasteiger partial charge in [0.15, 0.2) is 5.78 Å². The fourth-order valence-corrected chi connectivity index (χ4v) is 5.10. The van der Waals surface area contributed by atoms with E-state index in [2.05, 4.69) is 63.5 Å². The van der Waals surface area contributed by atoms with Crippen molar-refractivity contribution in [1.82, 2.24) is 0 Å². The van der Waals surface area contributed by atoms with E-state index in [1.54, 1.807) is 11.8 Å². The van der Waals surface area contributed by atoms with Crippen LogP contribution in [-0.2, 0) is 4.79 Å². The van der Waals surface area contributed by atoms with Crippen molar-refractivity contribution in [3.63, 3.8) is 0 Å². The molecule has 0 radical (unpaired) electrons. The summed E-state index contributed by atoms with van der Waals surface area (Å²) in [7, 11) is 0. The van der Waals surface area contributed by atoms with Crippen molar-refractivity contribution in [3.8, 4) is 0 Å². The molecular weight excluding hydrogens is 304 g/mol. The van der Waals surface area contributed by atoms with Gasteiger partial charge in [0, 0.05) is 28.0 Å². The Morgan fingerprint density at radius 3 is 2.48 bits per heavy atom. The summed E-state index contributed by atoms with van der Waals surface area (Å²) in [4.78, 5) is 12.8. The van der Waals surface area contributed by atoms with Gasteiger partial charge in [-0.05, 0) is 59.2 Å². The predicted octanol–water partition coefficient (Wildman–Crippen LogP) is 4.74. The molecule has 23 heavy (non-hydrogen) atoms. The third-order valence-electron chi connectivity index (χ3n) is 4.54. The van der Waals surface area contributed by atoms with Gasteiger partial charge in [-0.2, -0.15) is 0 Å². The van der Waals surface area contributed by atoms with Crippen molar-refractivity contribution in [2.24, 2.45) is 0 Å². The van der Waals surface area contributed by atoms with Crippen molar-refractivity contribution in [1.29, 1.82) is 0 Å². The molecule has 3 nitrogen and oxygen atoms in total. The lowest BCUT2D eigenvalue weighted by molar-refractivity contribution is -0.114. The monoisotopic (exact) mass is 330 g/mol. The van der Waals surface area contributed by atoms with Gasteiger partial charge in [0.2, 0.25) is 0 Å². The van der Waals surface area contributed by atoms with Crippen LogP contribution in [0.25, 0.3) is 0 Å². The molecule has 1 aromatic carbocycles. The summed E-state index contributed by atoms with van der Waals surface area (Å²) in [6.07, 6.45) is 0.804. The number of aryl methyl sites for hydroxylation is 1. The molecule has 1 aromatic rings. The predicted molar refractivity (Wildman–Crippen MR) is 100 cm³/mol. The maximum atomic E-state index is 12.8. The molecule has 4 heteroatoms. The van der Waals surface area contributed by atoms with Gasteiger partial charge in [0.1, 0.15) is 0 Å². The average Bonchev–Trinajstić information content (AvgIpc) is 2.51. The lowest BCUT2D eigenvalue weighted by Crippen LogP contribution is -2.32. The van der Waals surface area contributed by atoms with Gasteiger partial charge in [-0.25, -0.2) is 0 Å². The molecule has 1 fully saturated rings. The SMILES string of the molecule is Cc1ccc2c(c1)NC(C)(C)C/C(=C1/C(=O)C(C)SC1(C)C)N2. The Morgan fingerprint density at radius 1 is 1.17 bits per heavy atom. The van der Waals surface area contributed by atoms with Crippen molar-refractivity contribution < 1.29 is 4.79 Å². The molecule has 0 bridgehead atoms. The van der Waals surface area contributed by atoms with Gasteiger partial charge in [-0.3, -0.25) is 4.79 Å². The number of hydrogen-bond donors (Lipinski definition) is 2. The van der Waals surface area contributed by atoms with Crippen LogP contribution >= 0.6 is 11.8 Å². The molecule has 2 aliphatic heterocycles. The lowest BCUT2D eigenvalue weighted by atomic mass is 9.89.